The molecule has 21 heteroatoms. The summed E-state index contributed by atoms with van der Waals surface area (Å²) in [7, 11) is 0. The molecule has 5 aliphatic rings. The topological polar surface area (TPSA) is 263 Å². The molecule has 18 nitrogen and oxygen atoms in total. The molecule has 4 saturated heterocycles. The number of carboxylic acids is 2. The third-order valence-corrected chi connectivity index (χ3v) is 13.6. The zero-order valence-electron chi connectivity index (χ0n) is 29.8. The monoisotopic (exact) mass is 816 g/mol. The summed E-state index contributed by atoms with van der Waals surface area (Å²) in [5.41, 5.74) is 3.40. The second-order valence-corrected chi connectivity index (χ2v) is 17.7. The maximum absolute atomic E-state index is 13.6. The van der Waals surface area contributed by atoms with Gasteiger partial charge in [-0.15, -0.1) is 23.1 Å². The molecule has 8 rings (SSSR count). The zero-order valence-corrected chi connectivity index (χ0v) is 32.2. The number of aliphatic carboxylic acids is 2. The van der Waals surface area contributed by atoms with Gasteiger partial charge in [-0.2, -0.15) is 0 Å². The van der Waals surface area contributed by atoms with Crippen molar-refractivity contribution in [3.8, 4) is 11.5 Å². The normalized spacial score (nSPS) is 26.5. The highest BCUT2D eigenvalue weighted by atomic mass is 35.5. The fourth-order valence-electron chi connectivity index (χ4n) is 7.74. The van der Waals surface area contributed by atoms with Crippen molar-refractivity contribution in [2.24, 2.45) is 10.6 Å². The van der Waals surface area contributed by atoms with Crippen LogP contribution in [0.25, 0.3) is 10.9 Å². The number of amides is 2. The van der Waals surface area contributed by atoms with Crippen LogP contribution in [0.4, 0.5) is 5.13 Å². The summed E-state index contributed by atoms with van der Waals surface area (Å²) in [4.78, 5) is 79.6. The molecule has 2 amide bonds. The van der Waals surface area contributed by atoms with Gasteiger partial charge in [-0.3, -0.25) is 23.9 Å². The first-order valence-electron chi connectivity index (χ1n) is 17.3. The predicted octanol–water partition coefficient (Wildman–Crippen LogP) is 0.577. The number of rotatable bonds is 11. The Morgan fingerprint density at radius 2 is 1.89 bits per heavy atom. The van der Waals surface area contributed by atoms with Crippen molar-refractivity contribution >= 4 is 80.2 Å². The number of fused-ring (bicyclic) bond motifs is 5. The van der Waals surface area contributed by atoms with Crippen molar-refractivity contribution in [3.05, 3.63) is 50.1 Å². The highest BCUT2D eigenvalue weighted by Gasteiger charge is 2.57. The minimum Gasteiger partial charge on any atom is -0.543 e. The van der Waals surface area contributed by atoms with E-state index in [-0.39, 0.29) is 43.1 Å². The molecular formula is C34H37ClN8O10S2. The van der Waals surface area contributed by atoms with E-state index < -0.39 is 63.5 Å². The van der Waals surface area contributed by atoms with Gasteiger partial charge in [0.05, 0.1) is 48.5 Å². The van der Waals surface area contributed by atoms with Crippen LogP contribution in [-0.2, 0) is 30.6 Å². The van der Waals surface area contributed by atoms with E-state index in [0.29, 0.717) is 42.8 Å². The molecule has 4 fully saturated rings. The SMILES string of the molecule is C[C@@H]1S[C@@H]2[C@H](NC(=O)/C(=N\OC(C)(C)C(=O)O)c3csc(N)n3)C(=O)N2C(C(=O)[O-])=C1C[N+]12CCC(Cn3cnc4cc(O)c(O)c(Cl)c4c3=O)(CC1)CC2. The lowest BCUT2D eigenvalue weighted by molar-refractivity contribution is -0.941. The van der Waals surface area contributed by atoms with Crippen molar-refractivity contribution in [2.75, 3.05) is 31.9 Å². The van der Waals surface area contributed by atoms with E-state index in [0.717, 1.165) is 35.5 Å². The van der Waals surface area contributed by atoms with Crippen molar-refractivity contribution in [1.29, 1.82) is 0 Å². The van der Waals surface area contributed by atoms with E-state index in [1.807, 2.05) is 6.92 Å². The summed E-state index contributed by atoms with van der Waals surface area (Å²) in [5.74, 6) is -5.45. The number of nitrogen functional groups attached to an aromatic ring is 1. The number of phenolic OH excluding ortho intramolecular Hbond substituents is 2. The number of carbonyl (C=O) groups is 4. The predicted molar refractivity (Wildman–Crippen MR) is 198 cm³/mol. The highest BCUT2D eigenvalue weighted by Crippen LogP contribution is 2.49. The molecule has 55 heavy (non-hydrogen) atoms. The maximum atomic E-state index is 13.6. The van der Waals surface area contributed by atoms with Gasteiger partial charge in [0.25, 0.3) is 17.4 Å². The van der Waals surface area contributed by atoms with Crippen LogP contribution in [0.5, 0.6) is 11.5 Å². The number of thioether (sulfide) groups is 1. The van der Waals surface area contributed by atoms with Gasteiger partial charge in [-0.05, 0) is 20.8 Å². The van der Waals surface area contributed by atoms with Gasteiger partial charge >= 0.3 is 5.97 Å². The number of oxime groups is 1. The minimum absolute atomic E-state index is 0.0000733. The molecule has 3 atom stereocenters. The summed E-state index contributed by atoms with van der Waals surface area (Å²) in [6, 6.07) is 0.0502. The van der Waals surface area contributed by atoms with Gasteiger partial charge < -0.3 is 45.6 Å². The number of nitrogens with zero attached hydrogens (tertiary/aromatic N) is 6. The first kappa shape index (κ1) is 38.4. The number of nitrogens with two attached hydrogens (primary N) is 1. The average molecular weight is 817 g/mol. The number of hydrogen-bond donors (Lipinski definition) is 5. The molecular weight excluding hydrogens is 780 g/mol. The lowest BCUT2D eigenvalue weighted by Gasteiger charge is -2.57. The van der Waals surface area contributed by atoms with Crippen LogP contribution in [0.1, 0.15) is 45.7 Å². The first-order chi connectivity index (χ1) is 25.9. The molecule has 0 saturated carbocycles. The summed E-state index contributed by atoms with van der Waals surface area (Å²) in [6.07, 6.45) is 3.64. The Labute approximate surface area is 325 Å². The number of aromatic hydroxyl groups is 2. The quantitative estimate of drug-likeness (QED) is 0.0583. The van der Waals surface area contributed by atoms with E-state index in [2.05, 4.69) is 20.4 Å². The molecule has 1 aromatic carbocycles. The minimum atomic E-state index is -1.80. The number of phenols is 2. The summed E-state index contributed by atoms with van der Waals surface area (Å²) >= 11 is 8.57. The van der Waals surface area contributed by atoms with Crippen LogP contribution in [-0.4, -0.2) is 117 Å². The Morgan fingerprint density at radius 1 is 1.22 bits per heavy atom. The number of benzene rings is 1. The van der Waals surface area contributed by atoms with Crippen molar-refractivity contribution in [3.63, 3.8) is 0 Å². The van der Waals surface area contributed by atoms with Crippen LogP contribution >= 0.6 is 34.7 Å². The Morgan fingerprint density at radius 3 is 2.49 bits per heavy atom. The third kappa shape index (κ3) is 6.63. The van der Waals surface area contributed by atoms with E-state index in [9.17, 15) is 44.4 Å². The Balaban J connectivity index is 1.07. The van der Waals surface area contributed by atoms with Gasteiger partial charge in [-0.25, -0.2) is 14.8 Å². The van der Waals surface area contributed by atoms with E-state index in [1.165, 1.54) is 48.0 Å². The zero-order chi connectivity index (χ0) is 39.8. The Hall–Kier alpha value is -4.92. The number of quaternary nitrogens is 1. The molecule has 0 spiro atoms. The van der Waals surface area contributed by atoms with Crippen LogP contribution < -0.4 is 21.7 Å². The second-order valence-electron chi connectivity index (χ2n) is 15.0. The highest BCUT2D eigenvalue weighted by molar-refractivity contribution is 8.00. The number of carboxylic acid groups (broad SMARTS) is 2. The van der Waals surface area contributed by atoms with Gasteiger partial charge in [0.2, 0.25) is 5.60 Å². The van der Waals surface area contributed by atoms with Crippen LogP contribution in [0.3, 0.4) is 0 Å². The molecule has 5 aliphatic heterocycles. The largest absolute Gasteiger partial charge is 0.543 e. The summed E-state index contributed by atoms with van der Waals surface area (Å²) in [6.45, 7) is 7.17. The number of carbonyl (C=O) groups excluding carboxylic acids is 3. The smallest absolute Gasteiger partial charge is 0.350 e. The number of nitrogens with one attached hydrogen (secondary N) is 1. The lowest BCUT2D eigenvalue weighted by Crippen LogP contribution is -2.72. The third-order valence-electron chi connectivity index (χ3n) is 11.1. The molecule has 0 radical (unpaired) electrons. The number of halogens is 1. The number of hydrogen-bond acceptors (Lipinski definition) is 15. The number of aromatic nitrogens is 3. The fraction of sp³-hybridized carbons (Fsp3) is 0.471. The molecule has 0 aliphatic carbocycles. The second kappa shape index (κ2) is 13.7. The van der Waals surface area contributed by atoms with Crippen molar-refractivity contribution in [2.45, 2.75) is 68.8 Å². The lowest BCUT2D eigenvalue weighted by atomic mass is 9.70. The van der Waals surface area contributed by atoms with Crippen LogP contribution in [0.2, 0.25) is 5.02 Å². The number of thiazole rings is 1. The van der Waals surface area contributed by atoms with E-state index in [1.54, 1.807) is 0 Å². The summed E-state index contributed by atoms with van der Waals surface area (Å²) < 4.78 is 2.08. The Kier molecular flexibility index (Phi) is 9.54. The van der Waals surface area contributed by atoms with Gasteiger partial charge in [0.1, 0.15) is 28.7 Å². The van der Waals surface area contributed by atoms with Crippen LogP contribution in [0.15, 0.2) is 39.0 Å². The van der Waals surface area contributed by atoms with E-state index in [4.69, 9.17) is 22.2 Å². The van der Waals surface area contributed by atoms with Crippen molar-refractivity contribution < 1.29 is 48.9 Å². The number of anilines is 1. The molecule has 6 N–H and O–H groups in total. The summed E-state index contributed by atoms with van der Waals surface area (Å²) in [5, 5.41) is 48.7. The standard InChI is InChI=1S/C34H37ClN8O10S2/c1-15-16(11-43-7-4-34(5-8-43,6-9-43)13-41-14-37-17-10-19(44)25(45)21(35)20(17)27(41)47)24(30(49)50)42-28(48)23(29(42)55-15)39-26(46)22(18-12-54-32(36)38-18)40-53-33(2,3)31(51)52/h10,12,14-15,23,29H,4-9,11,13H2,1-3H3,(H6-,36,38,39,40,44,45,46,47,49,50,51,52)/t15-,23+,29+,34?,43?/m0/s1. The van der Waals surface area contributed by atoms with E-state index >= 15 is 0 Å². The molecule has 7 heterocycles. The number of piperidine rings is 3. The molecule has 2 aromatic heterocycles. The van der Waals surface area contributed by atoms with Crippen molar-refractivity contribution in [1.82, 2.24) is 24.8 Å². The molecule has 0 unspecified atom stereocenters. The maximum Gasteiger partial charge on any atom is 0.350 e. The average Bonchev–Trinajstić information content (AvgIpc) is 3.57. The van der Waals surface area contributed by atoms with Gasteiger partial charge in [-0.1, -0.05) is 16.8 Å². The molecule has 292 valence electrons. The van der Waals surface area contributed by atoms with Gasteiger partial charge in [0, 0.05) is 53.5 Å². The molecule has 2 bridgehead atoms. The molecule has 3 aromatic rings. The number of β-lactam (4-membered cyclic amide) rings is 1. The van der Waals surface area contributed by atoms with Crippen LogP contribution in [0, 0.1) is 5.41 Å². The first-order valence-corrected chi connectivity index (χ1v) is 19.5. The fourth-order valence-corrected chi connectivity index (χ4v) is 10.0. The Bertz CT molecular complexity index is 2270. The van der Waals surface area contributed by atoms with Gasteiger partial charge in [0.15, 0.2) is 22.3 Å².